The second-order valence-electron chi connectivity index (χ2n) is 8.72. The van der Waals surface area contributed by atoms with E-state index in [9.17, 15) is 4.79 Å². The highest BCUT2D eigenvalue weighted by Crippen LogP contribution is 2.49. The first-order valence-corrected chi connectivity index (χ1v) is 9.44. The van der Waals surface area contributed by atoms with Crippen molar-refractivity contribution in [3.8, 4) is 5.75 Å². The lowest BCUT2D eigenvalue weighted by Gasteiger charge is -2.57. The first-order chi connectivity index (χ1) is 12.0. The number of benzene rings is 1. The Bertz CT molecular complexity index is 625. The highest BCUT2D eigenvalue weighted by Gasteiger charge is 2.62. The third-order valence-corrected chi connectivity index (χ3v) is 5.61. The Hall–Kier alpha value is -1.30. The molecule has 154 valence electrons. The molecule has 1 saturated carbocycles. The predicted octanol–water partition coefficient (Wildman–Crippen LogP) is 3.43. The Morgan fingerprint density at radius 3 is 2.33 bits per heavy atom. The molecule has 1 amide bonds. The highest BCUT2D eigenvalue weighted by molar-refractivity contribution is 5.88. The van der Waals surface area contributed by atoms with E-state index in [2.05, 4.69) is 38.2 Å². The quantitative estimate of drug-likeness (QED) is 0.690. The van der Waals surface area contributed by atoms with Gasteiger partial charge in [0.25, 0.3) is 0 Å². The number of nitrogens with two attached hydrogens (primary N) is 1. The van der Waals surface area contributed by atoms with Crippen molar-refractivity contribution in [3.05, 3.63) is 29.8 Å². The minimum Gasteiger partial charge on any atom is -0.492 e. The van der Waals surface area contributed by atoms with Gasteiger partial charge in [0, 0.05) is 18.4 Å². The first-order valence-electron chi connectivity index (χ1n) is 9.44. The Balaban J connectivity index is 0.00000364. The Kier molecular flexibility index (Phi) is 7.74. The molecule has 1 aromatic carbocycles. The number of ether oxygens (including phenoxy) is 2. The molecule has 2 unspecified atom stereocenters. The topological polar surface area (TPSA) is 73.6 Å². The van der Waals surface area contributed by atoms with E-state index in [1.54, 1.807) is 0 Å². The molecule has 0 aliphatic heterocycles. The number of carbonyl (C=O) groups is 1. The number of halogens is 1. The van der Waals surface area contributed by atoms with Crippen molar-refractivity contribution in [2.45, 2.75) is 65.0 Å². The second kappa shape index (κ2) is 8.80. The van der Waals surface area contributed by atoms with Crippen LogP contribution in [0.1, 0.15) is 53.5 Å². The van der Waals surface area contributed by atoms with Crippen LogP contribution in [0.25, 0.3) is 0 Å². The van der Waals surface area contributed by atoms with E-state index in [1.807, 2.05) is 32.9 Å². The molecule has 0 aromatic heterocycles. The molecular formula is C21H35ClN2O3. The largest absolute Gasteiger partial charge is 0.492 e. The SMILES string of the molecule is CCOC1CC(N)(C(=O)NCCOc2ccc(C(C)(C)C)cc2)C1(C)C.Cl. The van der Waals surface area contributed by atoms with Gasteiger partial charge in [-0.25, -0.2) is 0 Å². The molecule has 2 atom stereocenters. The summed E-state index contributed by atoms with van der Waals surface area (Å²) in [6.45, 7) is 13.9. The number of carbonyl (C=O) groups excluding carboxylic acids is 1. The molecule has 3 N–H and O–H groups in total. The first kappa shape index (κ1) is 23.7. The zero-order valence-electron chi connectivity index (χ0n) is 17.4. The molecule has 0 radical (unpaired) electrons. The van der Waals surface area contributed by atoms with E-state index < -0.39 is 5.54 Å². The summed E-state index contributed by atoms with van der Waals surface area (Å²) in [7, 11) is 0. The lowest BCUT2D eigenvalue weighted by Crippen LogP contribution is -2.75. The number of rotatable bonds is 7. The standard InChI is InChI=1S/C21H34N2O3.ClH/c1-7-25-17-14-21(22,20(17,5)6)18(24)23-12-13-26-16-10-8-15(9-11-16)19(2,3)4;/h8-11,17H,7,12-14,22H2,1-6H3,(H,23,24);1H. The van der Waals surface area contributed by atoms with E-state index >= 15 is 0 Å². The van der Waals surface area contributed by atoms with E-state index in [0.717, 1.165) is 5.75 Å². The number of nitrogens with one attached hydrogen (secondary N) is 1. The maximum absolute atomic E-state index is 12.5. The normalized spacial score (nSPS) is 23.7. The second-order valence-corrected chi connectivity index (χ2v) is 8.72. The molecule has 1 fully saturated rings. The molecule has 0 saturated heterocycles. The highest BCUT2D eigenvalue weighted by atomic mass is 35.5. The minimum absolute atomic E-state index is 0. The van der Waals surface area contributed by atoms with Crippen molar-refractivity contribution >= 4 is 18.3 Å². The molecule has 1 aromatic rings. The summed E-state index contributed by atoms with van der Waals surface area (Å²) < 4.78 is 11.4. The monoisotopic (exact) mass is 398 g/mol. The third kappa shape index (κ3) is 4.95. The van der Waals surface area contributed by atoms with Crippen LogP contribution in [-0.4, -0.2) is 37.3 Å². The van der Waals surface area contributed by atoms with Gasteiger partial charge in [-0.1, -0.05) is 46.8 Å². The fraction of sp³-hybridized carbons (Fsp3) is 0.667. The van der Waals surface area contributed by atoms with Gasteiger partial charge in [0.1, 0.15) is 17.9 Å². The predicted molar refractivity (Wildman–Crippen MR) is 112 cm³/mol. The van der Waals surface area contributed by atoms with Gasteiger partial charge in [-0.3, -0.25) is 4.79 Å². The molecule has 5 nitrogen and oxygen atoms in total. The van der Waals surface area contributed by atoms with Crippen LogP contribution in [0.4, 0.5) is 0 Å². The maximum Gasteiger partial charge on any atom is 0.240 e. The van der Waals surface area contributed by atoms with Gasteiger partial charge in [-0.15, -0.1) is 12.4 Å². The van der Waals surface area contributed by atoms with Crippen molar-refractivity contribution in [1.29, 1.82) is 0 Å². The third-order valence-electron chi connectivity index (χ3n) is 5.61. The van der Waals surface area contributed by atoms with Crippen LogP contribution < -0.4 is 15.8 Å². The maximum atomic E-state index is 12.5. The van der Waals surface area contributed by atoms with Crippen LogP contribution in [0.3, 0.4) is 0 Å². The molecule has 1 aliphatic carbocycles. The van der Waals surface area contributed by atoms with Crippen LogP contribution in [-0.2, 0) is 14.9 Å². The van der Waals surface area contributed by atoms with Gasteiger partial charge in [-0.2, -0.15) is 0 Å². The van der Waals surface area contributed by atoms with Crippen LogP contribution >= 0.6 is 12.4 Å². The Morgan fingerprint density at radius 1 is 1.26 bits per heavy atom. The molecule has 0 bridgehead atoms. The summed E-state index contributed by atoms with van der Waals surface area (Å²) in [4.78, 5) is 12.5. The molecule has 0 spiro atoms. The minimum atomic E-state index is -0.888. The van der Waals surface area contributed by atoms with Crippen molar-refractivity contribution in [2.24, 2.45) is 11.1 Å². The van der Waals surface area contributed by atoms with Crippen LogP contribution in [0.5, 0.6) is 5.75 Å². The number of amides is 1. The van der Waals surface area contributed by atoms with Crippen LogP contribution in [0.2, 0.25) is 0 Å². The van der Waals surface area contributed by atoms with Gasteiger partial charge >= 0.3 is 0 Å². The summed E-state index contributed by atoms with van der Waals surface area (Å²) >= 11 is 0. The molecule has 2 rings (SSSR count). The average molecular weight is 399 g/mol. The Labute approximate surface area is 169 Å². The molecule has 0 heterocycles. The average Bonchev–Trinajstić information content (AvgIpc) is 2.57. The fourth-order valence-electron chi connectivity index (χ4n) is 3.36. The van der Waals surface area contributed by atoms with Gasteiger partial charge in [0.15, 0.2) is 0 Å². The summed E-state index contributed by atoms with van der Waals surface area (Å²) in [6.07, 6.45) is 0.579. The summed E-state index contributed by atoms with van der Waals surface area (Å²) in [6, 6.07) is 8.09. The Morgan fingerprint density at radius 2 is 1.85 bits per heavy atom. The van der Waals surface area contributed by atoms with Crippen molar-refractivity contribution in [1.82, 2.24) is 5.32 Å². The summed E-state index contributed by atoms with van der Waals surface area (Å²) in [5, 5.41) is 2.90. The van der Waals surface area contributed by atoms with Gasteiger partial charge in [-0.05, 0) is 30.0 Å². The van der Waals surface area contributed by atoms with E-state index in [0.29, 0.717) is 26.2 Å². The van der Waals surface area contributed by atoms with E-state index in [4.69, 9.17) is 15.2 Å². The van der Waals surface area contributed by atoms with Gasteiger partial charge in [0.2, 0.25) is 5.91 Å². The molecular weight excluding hydrogens is 364 g/mol. The lowest BCUT2D eigenvalue weighted by atomic mass is 9.54. The van der Waals surface area contributed by atoms with Gasteiger partial charge in [0.05, 0.1) is 12.6 Å². The smallest absolute Gasteiger partial charge is 0.240 e. The fourth-order valence-corrected chi connectivity index (χ4v) is 3.36. The lowest BCUT2D eigenvalue weighted by molar-refractivity contribution is -0.170. The van der Waals surface area contributed by atoms with Gasteiger partial charge < -0.3 is 20.5 Å². The number of hydrogen-bond acceptors (Lipinski definition) is 4. The van der Waals surface area contributed by atoms with Crippen LogP contribution in [0.15, 0.2) is 24.3 Å². The van der Waals surface area contributed by atoms with Crippen molar-refractivity contribution in [3.63, 3.8) is 0 Å². The summed E-state index contributed by atoms with van der Waals surface area (Å²) in [5.41, 5.74) is 6.48. The molecule has 6 heteroatoms. The number of hydrogen-bond donors (Lipinski definition) is 2. The van der Waals surface area contributed by atoms with E-state index in [-0.39, 0.29) is 35.2 Å². The van der Waals surface area contributed by atoms with E-state index in [1.165, 1.54) is 5.56 Å². The van der Waals surface area contributed by atoms with Crippen molar-refractivity contribution in [2.75, 3.05) is 19.8 Å². The zero-order chi connectivity index (χ0) is 19.6. The van der Waals surface area contributed by atoms with Crippen molar-refractivity contribution < 1.29 is 14.3 Å². The zero-order valence-corrected chi connectivity index (χ0v) is 18.2. The van der Waals surface area contributed by atoms with Crippen LogP contribution in [0, 0.1) is 5.41 Å². The summed E-state index contributed by atoms with van der Waals surface area (Å²) in [5.74, 6) is 0.667. The molecule has 27 heavy (non-hydrogen) atoms. The molecule has 1 aliphatic rings.